The first-order valence-corrected chi connectivity index (χ1v) is 7.16. The molecule has 2 heterocycles. The number of hydrogen-bond acceptors (Lipinski definition) is 6. The van der Waals surface area contributed by atoms with Crippen LogP contribution in [0.4, 0.5) is 13.2 Å². The Kier molecular flexibility index (Phi) is 4.58. The molecular weight excluding hydrogens is 329 g/mol. The maximum absolute atomic E-state index is 13.3. The topological polar surface area (TPSA) is 89.6 Å². The van der Waals surface area contributed by atoms with Crippen LogP contribution in [0.15, 0.2) is 23.5 Å². The molecule has 1 aliphatic rings. The average molecular weight is 342 g/mol. The Morgan fingerprint density at radius 2 is 2.04 bits per heavy atom. The van der Waals surface area contributed by atoms with Crippen LogP contribution < -0.4 is 0 Å². The first-order chi connectivity index (χ1) is 11.5. The van der Waals surface area contributed by atoms with Crippen LogP contribution in [0.2, 0.25) is 0 Å². The largest absolute Gasteiger partial charge is 0.394 e. The summed E-state index contributed by atoms with van der Waals surface area (Å²) in [5, 5.41) is 19.9. The first-order valence-electron chi connectivity index (χ1n) is 7.16. The summed E-state index contributed by atoms with van der Waals surface area (Å²) >= 11 is 0. The summed E-state index contributed by atoms with van der Waals surface area (Å²) in [6, 6.07) is 0.232. The van der Waals surface area contributed by atoms with Crippen molar-refractivity contribution in [2.45, 2.75) is 24.6 Å². The minimum Gasteiger partial charge on any atom is -0.394 e. The molecular formula is C14H13F3N4O3. The fourth-order valence-corrected chi connectivity index (χ4v) is 2.72. The molecule has 3 atom stereocenters. The quantitative estimate of drug-likeness (QED) is 0.676. The molecule has 1 saturated heterocycles. The van der Waals surface area contributed by atoms with Gasteiger partial charge < -0.3 is 9.84 Å². The summed E-state index contributed by atoms with van der Waals surface area (Å²) in [6.07, 6.45) is 1.03. The number of aliphatic hydroxyl groups is 1. The number of ether oxygens (including phenoxy) is 1. The van der Waals surface area contributed by atoms with Crippen LogP contribution >= 0.6 is 0 Å². The minimum atomic E-state index is -1.56. The summed E-state index contributed by atoms with van der Waals surface area (Å²) in [4.78, 5) is 11.1. The van der Waals surface area contributed by atoms with Gasteiger partial charge in [0.2, 0.25) is 0 Å². The van der Waals surface area contributed by atoms with E-state index >= 15 is 0 Å². The highest BCUT2D eigenvalue weighted by molar-refractivity contribution is 5.57. The van der Waals surface area contributed by atoms with Crippen LogP contribution in [0.5, 0.6) is 0 Å². The molecule has 0 aliphatic carbocycles. The van der Waals surface area contributed by atoms with Crippen molar-refractivity contribution >= 4 is 0 Å². The smallest absolute Gasteiger partial charge is 0.194 e. The van der Waals surface area contributed by atoms with Gasteiger partial charge in [-0.1, -0.05) is 10.4 Å². The third-order valence-electron chi connectivity index (χ3n) is 3.95. The van der Waals surface area contributed by atoms with Crippen molar-refractivity contribution < 1.29 is 23.0 Å². The van der Waals surface area contributed by atoms with Crippen molar-refractivity contribution in [1.29, 1.82) is 0 Å². The van der Waals surface area contributed by atoms with Crippen molar-refractivity contribution in [3.8, 4) is 11.3 Å². The van der Waals surface area contributed by atoms with E-state index in [1.807, 2.05) is 0 Å². The number of aromatic nitrogens is 3. The molecule has 3 rings (SSSR count). The Bertz CT molecular complexity index is 732. The van der Waals surface area contributed by atoms with Crippen molar-refractivity contribution in [2.75, 3.05) is 13.2 Å². The van der Waals surface area contributed by atoms with Crippen LogP contribution in [0.25, 0.3) is 11.3 Å². The van der Waals surface area contributed by atoms with Gasteiger partial charge in [0.1, 0.15) is 17.8 Å². The molecule has 1 aliphatic heterocycles. The number of rotatable bonds is 4. The summed E-state index contributed by atoms with van der Waals surface area (Å²) in [6.45, 7) is -0.0836. The molecule has 1 fully saturated rings. The van der Waals surface area contributed by atoms with Gasteiger partial charge in [0.15, 0.2) is 17.5 Å². The molecule has 0 saturated carbocycles. The average Bonchev–Trinajstić information content (AvgIpc) is 3.08. The maximum Gasteiger partial charge on any atom is 0.194 e. The number of nitrogens with zero attached hydrogens (tertiary/aromatic N) is 4. The van der Waals surface area contributed by atoms with E-state index in [1.54, 1.807) is 0 Å². The summed E-state index contributed by atoms with van der Waals surface area (Å²) in [5.41, 5.74) is 0.128. The van der Waals surface area contributed by atoms with E-state index in [-0.39, 0.29) is 24.5 Å². The maximum atomic E-state index is 13.3. The zero-order valence-corrected chi connectivity index (χ0v) is 12.3. The molecule has 1 aromatic carbocycles. The molecule has 0 spiro atoms. The molecule has 7 nitrogen and oxygen atoms in total. The first kappa shape index (κ1) is 16.5. The van der Waals surface area contributed by atoms with Gasteiger partial charge in [-0.25, -0.2) is 17.9 Å². The zero-order valence-electron chi connectivity index (χ0n) is 12.3. The van der Waals surface area contributed by atoms with Gasteiger partial charge in [0.05, 0.1) is 18.8 Å². The van der Waals surface area contributed by atoms with Crippen molar-refractivity contribution in [2.24, 2.45) is 5.18 Å². The second-order valence-corrected chi connectivity index (χ2v) is 5.38. The van der Waals surface area contributed by atoms with Gasteiger partial charge in [0.25, 0.3) is 0 Å². The van der Waals surface area contributed by atoms with Gasteiger partial charge in [0, 0.05) is 12.2 Å². The van der Waals surface area contributed by atoms with E-state index in [1.165, 1.54) is 10.9 Å². The van der Waals surface area contributed by atoms with Gasteiger partial charge in [-0.3, -0.25) is 0 Å². The zero-order chi connectivity index (χ0) is 17.3. The van der Waals surface area contributed by atoms with E-state index in [2.05, 4.69) is 15.5 Å². The van der Waals surface area contributed by atoms with Gasteiger partial charge in [-0.2, -0.15) is 4.91 Å². The van der Waals surface area contributed by atoms with E-state index in [0.29, 0.717) is 6.42 Å². The number of halogens is 3. The Balaban J connectivity index is 1.91. The predicted molar refractivity (Wildman–Crippen MR) is 75.4 cm³/mol. The standard InChI is InChI=1S/C14H13F3N4O3/c15-8-3-7(4-9(16)13(8)17)10-5-21(20-18-10)11-1-2-24-12(6-22)14(11)19-23/h3-5,11-12,14,22H,1-2,6H2. The molecule has 1 aromatic heterocycles. The molecule has 0 bridgehead atoms. The summed E-state index contributed by atoms with van der Waals surface area (Å²) in [7, 11) is 0. The fraction of sp³-hybridized carbons (Fsp3) is 0.429. The Hall–Kier alpha value is -2.33. The van der Waals surface area contributed by atoms with Crippen molar-refractivity contribution in [3.63, 3.8) is 0 Å². The summed E-state index contributed by atoms with van der Waals surface area (Å²) < 4.78 is 46.3. The van der Waals surface area contributed by atoms with E-state index in [0.717, 1.165) is 12.1 Å². The molecule has 10 heteroatoms. The number of nitroso groups, excluding NO2 is 1. The lowest BCUT2D eigenvalue weighted by Crippen LogP contribution is -2.43. The van der Waals surface area contributed by atoms with Gasteiger partial charge >= 0.3 is 0 Å². The van der Waals surface area contributed by atoms with Gasteiger partial charge in [-0.15, -0.1) is 5.10 Å². The lowest BCUT2D eigenvalue weighted by molar-refractivity contribution is -0.0507. The second-order valence-electron chi connectivity index (χ2n) is 5.38. The third-order valence-corrected chi connectivity index (χ3v) is 3.95. The molecule has 3 unspecified atom stereocenters. The minimum absolute atomic E-state index is 0.0130. The third kappa shape index (κ3) is 2.89. The number of aliphatic hydroxyl groups excluding tert-OH is 1. The highest BCUT2D eigenvalue weighted by Gasteiger charge is 2.37. The fourth-order valence-electron chi connectivity index (χ4n) is 2.72. The lowest BCUT2D eigenvalue weighted by atomic mass is 9.98. The summed E-state index contributed by atoms with van der Waals surface area (Å²) in [5.74, 6) is -4.23. The van der Waals surface area contributed by atoms with Crippen LogP contribution in [-0.4, -0.2) is 45.5 Å². The SMILES string of the molecule is O=NC1C(CO)OCCC1n1cc(-c2cc(F)c(F)c(F)c2)nn1. The second kappa shape index (κ2) is 6.65. The normalized spacial score (nSPS) is 24.1. The monoisotopic (exact) mass is 342 g/mol. The van der Waals surface area contributed by atoms with E-state index in [4.69, 9.17) is 4.74 Å². The lowest BCUT2D eigenvalue weighted by Gasteiger charge is -2.32. The number of benzene rings is 1. The van der Waals surface area contributed by atoms with Crippen LogP contribution in [-0.2, 0) is 4.74 Å². The van der Waals surface area contributed by atoms with Crippen LogP contribution in [0, 0.1) is 22.4 Å². The van der Waals surface area contributed by atoms with Crippen LogP contribution in [0.3, 0.4) is 0 Å². The molecule has 0 radical (unpaired) electrons. The Morgan fingerprint density at radius 3 is 2.67 bits per heavy atom. The molecule has 128 valence electrons. The van der Waals surface area contributed by atoms with Crippen LogP contribution in [0.1, 0.15) is 12.5 Å². The highest BCUT2D eigenvalue weighted by Crippen LogP contribution is 2.29. The number of hydrogen-bond donors (Lipinski definition) is 1. The van der Waals surface area contributed by atoms with Crippen molar-refractivity contribution in [1.82, 2.24) is 15.0 Å². The molecule has 0 amide bonds. The van der Waals surface area contributed by atoms with Gasteiger partial charge in [-0.05, 0) is 18.6 Å². The Morgan fingerprint density at radius 1 is 1.33 bits per heavy atom. The molecule has 2 aromatic rings. The molecule has 1 N–H and O–H groups in total. The molecule has 24 heavy (non-hydrogen) atoms. The highest BCUT2D eigenvalue weighted by atomic mass is 19.2. The van der Waals surface area contributed by atoms with E-state index in [9.17, 15) is 23.2 Å². The van der Waals surface area contributed by atoms with E-state index < -0.39 is 35.6 Å². The predicted octanol–water partition coefficient (Wildman–Crippen LogP) is 1.82. The van der Waals surface area contributed by atoms with Crippen molar-refractivity contribution in [3.05, 3.63) is 40.7 Å². The Labute approximate surface area is 134 Å².